The van der Waals surface area contributed by atoms with Gasteiger partial charge in [-0.3, -0.25) is 4.99 Å². The first-order chi connectivity index (χ1) is 9.22. The molecular weight excluding hydrogens is 385 g/mol. The van der Waals surface area contributed by atoms with E-state index < -0.39 is 0 Å². The first kappa shape index (κ1) is 19.5. The number of benzene rings is 1. The second-order valence-corrected chi connectivity index (χ2v) is 5.33. The van der Waals surface area contributed by atoms with E-state index in [0.29, 0.717) is 19.1 Å². The van der Waals surface area contributed by atoms with Crippen LogP contribution in [0.5, 0.6) is 0 Å². The number of nitrogens with zero attached hydrogens (tertiary/aromatic N) is 1. The van der Waals surface area contributed by atoms with Gasteiger partial charge in [0.25, 0.3) is 0 Å². The van der Waals surface area contributed by atoms with Gasteiger partial charge in [-0.2, -0.15) is 11.8 Å². The van der Waals surface area contributed by atoms with Crippen LogP contribution in [0.2, 0.25) is 0 Å². The summed E-state index contributed by atoms with van der Waals surface area (Å²) in [4.78, 5) is 4.13. The molecule has 20 heavy (non-hydrogen) atoms. The van der Waals surface area contributed by atoms with Crippen molar-refractivity contribution in [1.82, 2.24) is 5.32 Å². The summed E-state index contributed by atoms with van der Waals surface area (Å²) in [7, 11) is 1.65. The maximum absolute atomic E-state index is 5.70. The number of nitrogens with two attached hydrogens (primary N) is 1. The molecule has 0 saturated carbocycles. The summed E-state index contributed by atoms with van der Waals surface area (Å²) >= 11 is 1.88. The molecule has 0 heterocycles. The summed E-state index contributed by atoms with van der Waals surface area (Å²) in [6.45, 7) is 4.14. The summed E-state index contributed by atoms with van der Waals surface area (Å²) in [6, 6.07) is 8.65. The molecule has 0 amide bonds. The van der Waals surface area contributed by atoms with Gasteiger partial charge in [-0.1, -0.05) is 29.8 Å². The van der Waals surface area contributed by atoms with Crippen molar-refractivity contribution in [1.29, 1.82) is 0 Å². The highest BCUT2D eigenvalue weighted by Crippen LogP contribution is 2.12. The van der Waals surface area contributed by atoms with Crippen molar-refractivity contribution in [3.63, 3.8) is 0 Å². The Kier molecular flexibility index (Phi) is 12.0. The van der Waals surface area contributed by atoms with E-state index in [1.165, 1.54) is 11.1 Å². The highest BCUT2D eigenvalue weighted by Gasteiger charge is 1.95. The van der Waals surface area contributed by atoms with Crippen LogP contribution in [0.1, 0.15) is 11.1 Å². The fourth-order valence-electron chi connectivity index (χ4n) is 1.44. The third-order valence-electron chi connectivity index (χ3n) is 2.52. The monoisotopic (exact) mass is 409 g/mol. The Morgan fingerprint density at radius 1 is 1.35 bits per heavy atom. The first-order valence-electron chi connectivity index (χ1n) is 6.38. The summed E-state index contributed by atoms with van der Waals surface area (Å²) in [6.07, 6.45) is 0. The standard InChI is InChI=1S/C14H23N3OS.HI/c1-12-3-5-13(6-4-12)11-19-10-8-17-14(15)16-7-9-18-2;/h3-6H,7-11H2,1-2H3,(H3,15,16,17);1H. The fourth-order valence-corrected chi connectivity index (χ4v) is 2.26. The summed E-state index contributed by atoms with van der Waals surface area (Å²) in [5.74, 6) is 2.53. The molecule has 0 fully saturated rings. The lowest BCUT2D eigenvalue weighted by Gasteiger charge is -2.06. The molecule has 0 aliphatic carbocycles. The lowest BCUT2D eigenvalue weighted by molar-refractivity contribution is 0.208. The molecule has 114 valence electrons. The number of halogens is 1. The average Bonchev–Trinajstić information content (AvgIpc) is 2.41. The van der Waals surface area contributed by atoms with Gasteiger partial charge in [0.1, 0.15) is 0 Å². The van der Waals surface area contributed by atoms with Crippen LogP contribution in [-0.4, -0.2) is 38.5 Å². The van der Waals surface area contributed by atoms with Gasteiger partial charge in [0.05, 0.1) is 13.2 Å². The Hall–Kier alpha value is -0.470. The number of methoxy groups -OCH3 is 1. The van der Waals surface area contributed by atoms with Crippen LogP contribution in [0.25, 0.3) is 0 Å². The molecule has 0 saturated heterocycles. The topological polar surface area (TPSA) is 59.6 Å². The van der Waals surface area contributed by atoms with Crippen LogP contribution in [-0.2, 0) is 10.5 Å². The lowest BCUT2D eigenvalue weighted by Crippen LogP contribution is -2.33. The van der Waals surface area contributed by atoms with Crippen molar-refractivity contribution < 1.29 is 4.74 Å². The second kappa shape index (κ2) is 12.3. The number of aliphatic imine (C=N–C) groups is 1. The zero-order valence-electron chi connectivity index (χ0n) is 12.1. The number of hydrogen-bond acceptors (Lipinski definition) is 3. The highest BCUT2D eigenvalue weighted by atomic mass is 127. The number of rotatable bonds is 8. The normalized spacial score (nSPS) is 11.0. The third kappa shape index (κ3) is 9.44. The quantitative estimate of drug-likeness (QED) is 0.300. The molecule has 0 radical (unpaired) electrons. The number of ether oxygens (including phenoxy) is 1. The predicted octanol–water partition coefficient (Wildman–Crippen LogP) is 2.40. The van der Waals surface area contributed by atoms with Crippen molar-refractivity contribution in [2.75, 3.05) is 32.6 Å². The van der Waals surface area contributed by atoms with E-state index in [0.717, 1.165) is 18.1 Å². The second-order valence-electron chi connectivity index (χ2n) is 4.22. The van der Waals surface area contributed by atoms with Gasteiger partial charge in [-0.05, 0) is 12.5 Å². The lowest BCUT2D eigenvalue weighted by atomic mass is 10.2. The molecule has 3 N–H and O–H groups in total. The minimum absolute atomic E-state index is 0. The van der Waals surface area contributed by atoms with Gasteiger partial charge < -0.3 is 15.8 Å². The molecule has 4 nitrogen and oxygen atoms in total. The minimum Gasteiger partial charge on any atom is -0.383 e. The molecule has 1 rings (SSSR count). The first-order valence-corrected chi connectivity index (χ1v) is 7.54. The van der Waals surface area contributed by atoms with Crippen LogP contribution < -0.4 is 11.1 Å². The average molecular weight is 409 g/mol. The van der Waals surface area contributed by atoms with Gasteiger partial charge >= 0.3 is 0 Å². The number of hydrogen-bond donors (Lipinski definition) is 2. The summed E-state index contributed by atoms with van der Waals surface area (Å²) in [5, 5.41) is 3.09. The largest absolute Gasteiger partial charge is 0.383 e. The van der Waals surface area contributed by atoms with Gasteiger partial charge in [0.2, 0.25) is 0 Å². The van der Waals surface area contributed by atoms with Crippen LogP contribution in [0.4, 0.5) is 0 Å². The van der Waals surface area contributed by atoms with Crippen molar-refractivity contribution in [2.24, 2.45) is 10.7 Å². The van der Waals surface area contributed by atoms with E-state index in [1.54, 1.807) is 7.11 Å². The number of aryl methyl sites for hydroxylation is 1. The molecule has 6 heteroatoms. The summed E-state index contributed by atoms with van der Waals surface area (Å²) in [5.41, 5.74) is 8.36. The number of guanidine groups is 1. The highest BCUT2D eigenvalue weighted by molar-refractivity contribution is 14.0. The number of thioether (sulfide) groups is 1. The van der Waals surface area contributed by atoms with Crippen molar-refractivity contribution >= 4 is 41.7 Å². The molecule has 0 atom stereocenters. The maximum atomic E-state index is 5.70. The fraction of sp³-hybridized carbons (Fsp3) is 0.500. The van der Waals surface area contributed by atoms with Crippen LogP contribution in [0.3, 0.4) is 0 Å². The Morgan fingerprint density at radius 3 is 2.70 bits per heavy atom. The predicted molar refractivity (Wildman–Crippen MR) is 99.1 cm³/mol. The molecular formula is C14H24IN3OS. The van der Waals surface area contributed by atoms with E-state index in [9.17, 15) is 0 Å². The van der Waals surface area contributed by atoms with Crippen LogP contribution in [0, 0.1) is 6.92 Å². The van der Waals surface area contributed by atoms with Crippen molar-refractivity contribution in [3.8, 4) is 0 Å². The zero-order valence-corrected chi connectivity index (χ0v) is 15.2. The zero-order chi connectivity index (χ0) is 13.9. The molecule has 0 bridgehead atoms. The van der Waals surface area contributed by atoms with Gasteiger partial charge in [0.15, 0.2) is 5.96 Å². The Balaban J connectivity index is 0.00000361. The van der Waals surface area contributed by atoms with Crippen molar-refractivity contribution in [3.05, 3.63) is 35.4 Å². The van der Waals surface area contributed by atoms with E-state index in [1.807, 2.05) is 11.8 Å². The Morgan fingerprint density at radius 2 is 2.05 bits per heavy atom. The maximum Gasteiger partial charge on any atom is 0.188 e. The van der Waals surface area contributed by atoms with Gasteiger partial charge in [0, 0.05) is 25.2 Å². The van der Waals surface area contributed by atoms with Crippen LogP contribution >= 0.6 is 35.7 Å². The SMILES string of the molecule is COCCN=C(N)NCCSCc1ccc(C)cc1.I. The van der Waals surface area contributed by atoms with E-state index in [4.69, 9.17) is 10.5 Å². The molecule has 0 aromatic heterocycles. The molecule has 0 aliphatic rings. The summed E-state index contributed by atoms with van der Waals surface area (Å²) < 4.78 is 4.90. The molecule has 0 unspecified atom stereocenters. The van der Waals surface area contributed by atoms with E-state index >= 15 is 0 Å². The minimum atomic E-state index is 0. The van der Waals surface area contributed by atoms with Gasteiger partial charge in [-0.15, -0.1) is 24.0 Å². The molecule has 0 aliphatic heterocycles. The third-order valence-corrected chi connectivity index (χ3v) is 3.55. The Labute approximate surface area is 143 Å². The Bertz CT molecular complexity index is 385. The smallest absolute Gasteiger partial charge is 0.188 e. The van der Waals surface area contributed by atoms with Crippen LogP contribution in [0.15, 0.2) is 29.3 Å². The van der Waals surface area contributed by atoms with E-state index in [-0.39, 0.29) is 24.0 Å². The molecule has 1 aromatic carbocycles. The van der Waals surface area contributed by atoms with Crippen molar-refractivity contribution in [2.45, 2.75) is 12.7 Å². The molecule has 1 aromatic rings. The van der Waals surface area contributed by atoms with Gasteiger partial charge in [-0.25, -0.2) is 0 Å². The van der Waals surface area contributed by atoms with E-state index in [2.05, 4.69) is 41.5 Å². The number of nitrogens with one attached hydrogen (secondary N) is 1. The molecule has 0 spiro atoms.